The Kier molecular flexibility index (Phi) is 17.3. The van der Waals surface area contributed by atoms with Crippen molar-refractivity contribution in [3.05, 3.63) is 315 Å². The van der Waals surface area contributed by atoms with E-state index in [-0.39, 0.29) is 40.3 Å². The third-order valence-corrected chi connectivity index (χ3v) is 18.4. The number of fused-ring (bicyclic) bond motifs is 2. The molecular weight excluding hydrogens is 1210 g/mol. The summed E-state index contributed by atoms with van der Waals surface area (Å²) in [6, 6.07) is 70.5. The number of aryl methyl sites for hydroxylation is 1. The number of esters is 2. The molecule has 1 saturated heterocycles. The number of anilines is 1. The molecule has 6 heterocycles. The number of ether oxygens (including phenoxy) is 2. The summed E-state index contributed by atoms with van der Waals surface area (Å²) in [4.78, 5) is 93.2. The van der Waals surface area contributed by atoms with Crippen LogP contribution in [0.5, 0.6) is 0 Å². The molecule has 0 unspecified atom stereocenters. The summed E-state index contributed by atoms with van der Waals surface area (Å²) in [6.45, 7) is 1.79. The van der Waals surface area contributed by atoms with Crippen LogP contribution in [0.2, 0.25) is 0 Å². The van der Waals surface area contributed by atoms with Crippen LogP contribution in [0.15, 0.2) is 268 Å². The maximum absolute atomic E-state index is 15.2. The summed E-state index contributed by atoms with van der Waals surface area (Å²) in [5.74, 6) is -3.94. The van der Waals surface area contributed by atoms with Gasteiger partial charge in [0, 0.05) is 22.6 Å². The fourth-order valence-electron chi connectivity index (χ4n) is 10.9. The van der Waals surface area contributed by atoms with Gasteiger partial charge in [-0.3, -0.25) is 14.5 Å². The average molecular weight is 1260 g/mol. The lowest BCUT2D eigenvalue weighted by atomic mass is 9.77. The lowest BCUT2D eigenvalue weighted by Crippen LogP contribution is -2.71. The van der Waals surface area contributed by atoms with Crippen molar-refractivity contribution in [2.45, 2.75) is 41.1 Å². The van der Waals surface area contributed by atoms with Crippen molar-refractivity contribution in [3.63, 3.8) is 0 Å². The molecule has 7 aromatic carbocycles. The first-order valence-electron chi connectivity index (χ1n) is 28.8. The Bertz CT molecular complexity index is 4310. The largest absolute Gasteiger partial charge is 0.457 e. The van der Waals surface area contributed by atoms with Crippen LogP contribution in [0.4, 0.5) is 5.13 Å². The summed E-state index contributed by atoms with van der Waals surface area (Å²) in [5, 5.41) is 17.0. The number of furan rings is 1. The quantitative estimate of drug-likeness (QED) is 0.00998. The molecule has 450 valence electrons. The van der Waals surface area contributed by atoms with Gasteiger partial charge in [0.1, 0.15) is 33.4 Å². The first-order chi connectivity index (χ1) is 44.6. The molecule has 91 heavy (non-hydrogen) atoms. The first kappa shape index (κ1) is 59.2. The molecule has 2 atom stereocenters. The van der Waals surface area contributed by atoms with Crippen LogP contribution in [0.3, 0.4) is 0 Å². The van der Waals surface area contributed by atoms with Gasteiger partial charge in [0.2, 0.25) is 5.76 Å². The second-order valence-electron chi connectivity index (χ2n) is 21.0. The lowest BCUT2D eigenvalue weighted by molar-refractivity contribution is -0.154. The van der Waals surface area contributed by atoms with E-state index < -0.39 is 64.6 Å². The number of β-lactam (4-membered cyclic amide) rings is 1. The molecule has 0 radical (unpaired) electrons. The molecule has 2 aliphatic rings. The molecule has 13 rings (SSSR count). The molecule has 0 spiro atoms. The van der Waals surface area contributed by atoms with Crippen LogP contribution in [0.25, 0.3) is 5.78 Å². The van der Waals surface area contributed by atoms with Gasteiger partial charge in [-0.05, 0) is 69.6 Å². The van der Waals surface area contributed by atoms with Crippen LogP contribution < -0.4 is 10.6 Å². The Balaban J connectivity index is 0.810. The van der Waals surface area contributed by atoms with Gasteiger partial charge in [0.15, 0.2) is 23.1 Å². The van der Waals surface area contributed by atoms with Gasteiger partial charge in [-0.25, -0.2) is 24.4 Å². The minimum Gasteiger partial charge on any atom is -0.457 e. The topological polar surface area (TPSA) is 222 Å². The van der Waals surface area contributed by atoms with Crippen molar-refractivity contribution < 1.29 is 42.7 Å². The van der Waals surface area contributed by atoms with Crippen LogP contribution in [0.1, 0.15) is 83.7 Å². The van der Waals surface area contributed by atoms with E-state index in [4.69, 9.17) is 23.7 Å². The zero-order chi connectivity index (χ0) is 62.3. The Labute approximate surface area is 534 Å². The monoisotopic (exact) mass is 1260 g/mol. The van der Waals surface area contributed by atoms with E-state index >= 15 is 4.79 Å². The van der Waals surface area contributed by atoms with Crippen LogP contribution >= 0.6 is 34.9 Å². The SMILES string of the molecule is Cc1cc(SCC2=C(C(=O)OC(c3ccccc3)c3ccccc3)N3C(=O)[C@@H](NC(=O)/C(=N/OC(=O)c4ccco4)c4csc(NC(c5ccccc5)(c5ccccc5)c5ccccc5)n4)[C@H]3SC2)n2nc(C(=O)OC(c3ccccc3)c3ccccc3)nc2n1. The van der Waals surface area contributed by atoms with Crippen molar-refractivity contribution in [3.8, 4) is 0 Å². The van der Waals surface area contributed by atoms with Gasteiger partial charge in [-0.15, -0.1) is 40.0 Å². The second kappa shape index (κ2) is 26.5. The number of aromatic nitrogens is 5. The van der Waals surface area contributed by atoms with Gasteiger partial charge in [0.25, 0.3) is 23.4 Å². The molecule has 18 nitrogen and oxygen atoms in total. The van der Waals surface area contributed by atoms with Gasteiger partial charge in [0.05, 0.1) is 6.26 Å². The Morgan fingerprint density at radius 2 is 1.18 bits per heavy atom. The number of benzene rings is 7. The number of nitrogens with zero attached hydrogens (tertiary/aromatic N) is 7. The van der Waals surface area contributed by atoms with Gasteiger partial charge in [-0.1, -0.05) is 217 Å². The zero-order valence-corrected chi connectivity index (χ0v) is 50.8. The van der Waals surface area contributed by atoms with Crippen molar-refractivity contribution in [2.75, 3.05) is 16.8 Å². The molecule has 4 aromatic heterocycles. The Morgan fingerprint density at radius 3 is 1.69 bits per heavy atom. The number of rotatable bonds is 21. The summed E-state index contributed by atoms with van der Waals surface area (Å²) < 4.78 is 19.4. The molecule has 11 aromatic rings. The molecule has 0 bridgehead atoms. The number of hydrogen-bond acceptors (Lipinski definition) is 18. The van der Waals surface area contributed by atoms with E-state index in [2.05, 4.69) is 30.9 Å². The summed E-state index contributed by atoms with van der Waals surface area (Å²) in [6.07, 6.45) is -0.335. The number of hydrogen-bond donors (Lipinski definition) is 2. The van der Waals surface area contributed by atoms with E-state index in [1.807, 2.05) is 212 Å². The predicted molar refractivity (Wildman–Crippen MR) is 345 cm³/mol. The van der Waals surface area contributed by atoms with Gasteiger partial charge < -0.3 is 29.4 Å². The summed E-state index contributed by atoms with van der Waals surface area (Å²) in [5.41, 5.74) is 5.34. The minimum absolute atomic E-state index is 0.00317. The van der Waals surface area contributed by atoms with Crippen molar-refractivity contribution >= 4 is 81.2 Å². The molecule has 1 fully saturated rings. The van der Waals surface area contributed by atoms with E-state index in [1.165, 1.54) is 62.7 Å². The summed E-state index contributed by atoms with van der Waals surface area (Å²) >= 11 is 3.82. The minimum atomic E-state index is -1.21. The Morgan fingerprint density at radius 1 is 0.659 bits per heavy atom. The fourth-order valence-corrected chi connectivity index (χ4v) is 14.2. The first-order valence-corrected chi connectivity index (χ1v) is 31.7. The number of nitrogens with one attached hydrogen (secondary N) is 2. The van der Waals surface area contributed by atoms with E-state index in [0.29, 0.717) is 32.6 Å². The molecule has 2 aliphatic heterocycles. The van der Waals surface area contributed by atoms with Crippen LogP contribution in [-0.2, 0) is 34.2 Å². The third-order valence-electron chi connectivity index (χ3n) is 15.2. The normalized spacial score (nSPS) is 14.8. The smallest absolute Gasteiger partial charge is 0.400 e. The number of oxime groups is 1. The van der Waals surface area contributed by atoms with Crippen LogP contribution in [-0.4, -0.2) is 87.8 Å². The fraction of sp³-hybridized carbons (Fsp3) is 0.114. The van der Waals surface area contributed by atoms with Crippen LogP contribution in [0, 0.1) is 6.92 Å². The highest BCUT2D eigenvalue weighted by Crippen LogP contribution is 2.44. The number of amides is 2. The number of carbonyl (C=O) groups is 5. The molecular formula is C70H53N9O9S3. The molecule has 0 aliphatic carbocycles. The average Bonchev–Trinajstić information content (AvgIpc) is 1.25. The number of thioether (sulfide) groups is 2. The zero-order valence-electron chi connectivity index (χ0n) is 48.3. The number of carbonyl (C=O) groups excluding carboxylic acids is 5. The highest BCUT2D eigenvalue weighted by Gasteiger charge is 2.55. The van der Waals surface area contributed by atoms with Crippen molar-refractivity contribution in [1.82, 2.24) is 34.8 Å². The Hall–Kier alpha value is -10.7. The van der Waals surface area contributed by atoms with E-state index in [0.717, 1.165) is 27.8 Å². The van der Waals surface area contributed by atoms with Crippen molar-refractivity contribution in [1.29, 1.82) is 0 Å². The standard InChI is InChI=1S/C70H53N9O9S3/c1-44-40-55(79-68(71-44)74-61(76-79)67(84)87-60(47-28-13-4-14-29-47)48-30-15-5-16-31-48)89-41-49-42-90-64-57(63(81)78(64)58(49)66(83)86-59(45-24-9-2-10-25-45)46-26-11-3-12-27-46)73-62(80)56(77-88-65(82)54-38-23-39-85-54)53-43-91-69(72-53)75-70(50-32-17-6-18-33-50,51-34-19-7-20-35-51)52-36-21-8-22-37-52/h2-40,43,57,59-60,64H,41-42H2,1H3,(H,72,75)(H,73,80)/b77-56+/t57-,64-/m1/s1. The second-order valence-corrected chi connectivity index (χ2v) is 24.0. The predicted octanol–water partition coefficient (Wildman–Crippen LogP) is 12.2. The maximum atomic E-state index is 15.2. The molecule has 2 N–H and O–H groups in total. The maximum Gasteiger partial charge on any atom is 0.400 e. The van der Waals surface area contributed by atoms with Crippen molar-refractivity contribution in [2.24, 2.45) is 5.16 Å². The third kappa shape index (κ3) is 12.4. The highest BCUT2D eigenvalue weighted by atomic mass is 32.2. The number of thiazole rings is 1. The van der Waals surface area contributed by atoms with E-state index in [1.54, 1.807) is 18.4 Å². The highest BCUT2D eigenvalue weighted by molar-refractivity contribution is 8.01. The van der Waals surface area contributed by atoms with Gasteiger partial charge in [-0.2, -0.15) is 9.50 Å². The molecule has 0 saturated carbocycles. The molecule has 21 heteroatoms. The molecule has 2 amide bonds. The lowest BCUT2D eigenvalue weighted by Gasteiger charge is -2.49. The van der Waals surface area contributed by atoms with E-state index in [9.17, 15) is 19.2 Å². The summed E-state index contributed by atoms with van der Waals surface area (Å²) in [7, 11) is 0. The van der Waals surface area contributed by atoms with Gasteiger partial charge >= 0.3 is 17.9 Å².